The van der Waals surface area contributed by atoms with E-state index in [-0.39, 0.29) is 6.10 Å². The summed E-state index contributed by atoms with van der Waals surface area (Å²) in [6, 6.07) is 0. The monoisotopic (exact) mass is 156 g/mol. The van der Waals surface area contributed by atoms with E-state index in [1.165, 1.54) is 0 Å². The highest BCUT2D eigenvalue weighted by atomic mass is 16.3. The van der Waals surface area contributed by atoms with Crippen LogP contribution in [0, 0.1) is 11.8 Å². The molecule has 0 bridgehead atoms. The first kappa shape index (κ1) is 10.7. The van der Waals surface area contributed by atoms with E-state index in [4.69, 9.17) is 5.11 Å². The molecule has 0 spiro atoms. The predicted octanol–water partition coefficient (Wildman–Crippen LogP) is 2.61. The van der Waals surface area contributed by atoms with E-state index in [1.54, 1.807) is 0 Å². The Morgan fingerprint density at radius 3 is 2.09 bits per heavy atom. The van der Waals surface area contributed by atoms with Crippen LogP contribution in [0.4, 0.5) is 0 Å². The van der Waals surface area contributed by atoms with Crippen molar-refractivity contribution in [2.75, 3.05) is 0 Å². The minimum Gasteiger partial charge on any atom is -0.393 e. The fourth-order valence-corrected chi connectivity index (χ4v) is 0.762. The van der Waals surface area contributed by atoms with Crippen molar-refractivity contribution in [2.45, 2.75) is 40.2 Å². The van der Waals surface area contributed by atoms with Gasteiger partial charge in [-0.2, -0.15) is 0 Å². The second kappa shape index (κ2) is 5.36. The molecule has 1 N–H and O–H groups in total. The third kappa shape index (κ3) is 6.11. The van der Waals surface area contributed by atoms with Crippen molar-refractivity contribution in [2.24, 2.45) is 11.8 Å². The zero-order valence-corrected chi connectivity index (χ0v) is 8.04. The molecule has 0 saturated carbocycles. The molecule has 66 valence electrons. The van der Waals surface area contributed by atoms with Gasteiger partial charge in [-0.25, -0.2) is 0 Å². The van der Waals surface area contributed by atoms with Gasteiger partial charge in [0.2, 0.25) is 0 Å². The van der Waals surface area contributed by atoms with Crippen molar-refractivity contribution in [1.82, 2.24) is 0 Å². The molecule has 0 rings (SSSR count). The average Bonchev–Trinajstić information content (AvgIpc) is 1.86. The van der Waals surface area contributed by atoms with Crippen LogP contribution < -0.4 is 0 Å². The third-order valence-corrected chi connectivity index (χ3v) is 1.85. The number of aliphatic hydroxyl groups excluding tert-OH is 1. The Labute approximate surface area is 70.1 Å². The molecule has 0 aromatic heterocycles. The van der Waals surface area contributed by atoms with Crippen LogP contribution in [0.15, 0.2) is 12.2 Å². The molecule has 11 heavy (non-hydrogen) atoms. The highest BCUT2D eigenvalue weighted by Gasteiger charge is 2.05. The molecule has 0 aromatic carbocycles. The van der Waals surface area contributed by atoms with Crippen LogP contribution in [0.5, 0.6) is 0 Å². The fourth-order valence-electron chi connectivity index (χ4n) is 0.762. The first-order chi connectivity index (χ1) is 5.04. The first-order valence-corrected chi connectivity index (χ1v) is 4.38. The molecule has 2 unspecified atom stereocenters. The first-order valence-electron chi connectivity index (χ1n) is 4.38. The summed E-state index contributed by atoms with van der Waals surface area (Å²) in [6.45, 7) is 8.22. The largest absolute Gasteiger partial charge is 0.393 e. The topological polar surface area (TPSA) is 20.2 Å². The van der Waals surface area contributed by atoms with Gasteiger partial charge in [0.15, 0.2) is 0 Å². The molecule has 0 fully saturated rings. The lowest BCUT2D eigenvalue weighted by molar-refractivity contribution is 0.136. The Kier molecular flexibility index (Phi) is 5.22. The molecular weight excluding hydrogens is 136 g/mol. The number of allylic oxidation sites excluding steroid dienone is 2. The smallest absolute Gasteiger partial charge is 0.0540 e. The Morgan fingerprint density at radius 2 is 1.73 bits per heavy atom. The van der Waals surface area contributed by atoms with E-state index < -0.39 is 0 Å². The Balaban J connectivity index is 3.53. The summed E-state index contributed by atoms with van der Waals surface area (Å²) in [5.74, 6) is 1.00. The van der Waals surface area contributed by atoms with Gasteiger partial charge in [0, 0.05) is 0 Å². The molecule has 0 amide bonds. The highest BCUT2D eigenvalue weighted by molar-refractivity contribution is 4.86. The molecule has 0 radical (unpaired) electrons. The maximum absolute atomic E-state index is 9.15. The van der Waals surface area contributed by atoms with Crippen molar-refractivity contribution in [3.05, 3.63) is 12.2 Å². The van der Waals surface area contributed by atoms with Crippen molar-refractivity contribution in [3.63, 3.8) is 0 Å². The van der Waals surface area contributed by atoms with Crippen LogP contribution in [0.2, 0.25) is 0 Å². The summed E-state index contributed by atoms with van der Waals surface area (Å²) in [4.78, 5) is 0. The molecule has 0 aliphatic carbocycles. The van der Waals surface area contributed by atoms with Gasteiger partial charge < -0.3 is 5.11 Å². The number of rotatable bonds is 4. The maximum atomic E-state index is 9.15. The van der Waals surface area contributed by atoms with Gasteiger partial charge in [0.1, 0.15) is 0 Å². The highest BCUT2D eigenvalue weighted by Crippen LogP contribution is 2.08. The zero-order valence-electron chi connectivity index (χ0n) is 8.04. The van der Waals surface area contributed by atoms with Gasteiger partial charge in [-0.15, -0.1) is 0 Å². The molecule has 2 atom stereocenters. The van der Waals surface area contributed by atoms with E-state index in [1.807, 2.05) is 6.92 Å². The Hall–Kier alpha value is -0.300. The van der Waals surface area contributed by atoms with Crippen molar-refractivity contribution in [3.8, 4) is 0 Å². The molecule has 0 aromatic rings. The summed E-state index contributed by atoms with van der Waals surface area (Å²) in [7, 11) is 0. The van der Waals surface area contributed by atoms with Crippen LogP contribution in [0.25, 0.3) is 0 Å². The van der Waals surface area contributed by atoms with E-state index in [0.717, 1.165) is 6.42 Å². The zero-order chi connectivity index (χ0) is 8.85. The van der Waals surface area contributed by atoms with Crippen LogP contribution in [-0.2, 0) is 0 Å². The predicted molar refractivity (Wildman–Crippen MR) is 49.4 cm³/mol. The Bertz CT molecular complexity index is 114. The summed E-state index contributed by atoms with van der Waals surface area (Å²) >= 11 is 0. The van der Waals surface area contributed by atoms with E-state index in [0.29, 0.717) is 11.8 Å². The van der Waals surface area contributed by atoms with E-state index >= 15 is 0 Å². The second-order valence-electron chi connectivity index (χ2n) is 3.63. The van der Waals surface area contributed by atoms with Crippen molar-refractivity contribution < 1.29 is 5.11 Å². The summed E-state index contributed by atoms with van der Waals surface area (Å²) in [6.07, 6.45) is 5.13. The Morgan fingerprint density at radius 1 is 1.18 bits per heavy atom. The number of hydrogen-bond acceptors (Lipinski definition) is 1. The van der Waals surface area contributed by atoms with Gasteiger partial charge >= 0.3 is 0 Å². The molecule has 0 aliphatic heterocycles. The normalized spacial score (nSPS) is 17.6. The molecule has 0 aliphatic rings. The lowest BCUT2D eigenvalue weighted by Crippen LogP contribution is -2.11. The summed E-state index contributed by atoms with van der Waals surface area (Å²) in [5.41, 5.74) is 0. The molecular formula is C10H20O. The fraction of sp³-hybridized carbons (Fsp3) is 0.800. The number of hydrogen-bond donors (Lipinski definition) is 1. The van der Waals surface area contributed by atoms with Crippen LogP contribution in [0.3, 0.4) is 0 Å². The average molecular weight is 156 g/mol. The third-order valence-electron chi connectivity index (χ3n) is 1.85. The van der Waals surface area contributed by atoms with Crippen molar-refractivity contribution in [1.29, 1.82) is 0 Å². The second-order valence-corrected chi connectivity index (χ2v) is 3.63. The lowest BCUT2D eigenvalue weighted by Gasteiger charge is -2.11. The number of aliphatic hydroxyl groups is 1. The SMILES string of the molecule is CC(C)/C=C/CC(C)C(C)O. The van der Waals surface area contributed by atoms with Crippen molar-refractivity contribution >= 4 is 0 Å². The standard InChI is InChI=1S/C10H20O/c1-8(2)6-5-7-9(3)10(4)11/h5-6,8-11H,7H2,1-4H3/b6-5+. The summed E-state index contributed by atoms with van der Waals surface area (Å²) in [5, 5.41) is 9.15. The molecule has 1 heteroatoms. The van der Waals surface area contributed by atoms with Crippen LogP contribution in [0.1, 0.15) is 34.1 Å². The quantitative estimate of drug-likeness (QED) is 0.620. The van der Waals surface area contributed by atoms with E-state index in [2.05, 4.69) is 32.9 Å². The molecule has 0 saturated heterocycles. The minimum absolute atomic E-state index is 0.188. The van der Waals surface area contributed by atoms with E-state index in [9.17, 15) is 0 Å². The molecule has 0 heterocycles. The summed E-state index contributed by atoms with van der Waals surface area (Å²) < 4.78 is 0. The lowest BCUT2D eigenvalue weighted by atomic mass is 10.0. The van der Waals surface area contributed by atoms with Gasteiger partial charge in [0.05, 0.1) is 6.10 Å². The van der Waals surface area contributed by atoms with Gasteiger partial charge in [-0.3, -0.25) is 0 Å². The van der Waals surface area contributed by atoms with Gasteiger partial charge in [-0.05, 0) is 25.2 Å². The van der Waals surface area contributed by atoms with Crippen LogP contribution >= 0.6 is 0 Å². The van der Waals surface area contributed by atoms with Gasteiger partial charge in [0.25, 0.3) is 0 Å². The van der Waals surface area contributed by atoms with Crippen LogP contribution in [-0.4, -0.2) is 11.2 Å². The van der Waals surface area contributed by atoms with Gasteiger partial charge in [-0.1, -0.05) is 32.9 Å². The minimum atomic E-state index is -0.188. The molecule has 1 nitrogen and oxygen atoms in total. The maximum Gasteiger partial charge on any atom is 0.0540 e.